The van der Waals surface area contributed by atoms with Crippen molar-refractivity contribution in [1.82, 2.24) is 4.57 Å². The van der Waals surface area contributed by atoms with Crippen molar-refractivity contribution in [2.24, 2.45) is 7.05 Å². The van der Waals surface area contributed by atoms with Gasteiger partial charge >= 0.3 is 5.76 Å². The molecule has 0 saturated heterocycles. The molecule has 0 spiro atoms. The van der Waals surface area contributed by atoms with Crippen LogP contribution in [0.2, 0.25) is 10.0 Å². The maximum atomic E-state index is 11.2. The summed E-state index contributed by atoms with van der Waals surface area (Å²) in [6, 6.07) is 1.48. The molecule has 0 aliphatic rings. The number of nitrogen functional groups attached to an aromatic ring is 1. The Morgan fingerprint density at radius 2 is 2.07 bits per heavy atom. The molecule has 1 aromatic carbocycles. The average Bonchev–Trinajstić information content (AvgIpc) is 2.40. The van der Waals surface area contributed by atoms with Gasteiger partial charge in [0.15, 0.2) is 5.58 Å². The van der Waals surface area contributed by atoms with Crippen LogP contribution in [0.4, 0.5) is 5.69 Å². The summed E-state index contributed by atoms with van der Waals surface area (Å²) in [6.07, 6.45) is 0. The fourth-order valence-electron chi connectivity index (χ4n) is 1.26. The molecule has 2 rings (SSSR count). The Labute approximate surface area is 88.8 Å². The zero-order chi connectivity index (χ0) is 10.5. The maximum absolute atomic E-state index is 11.2. The Morgan fingerprint density at radius 1 is 1.43 bits per heavy atom. The van der Waals surface area contributed by atoms with Gasteiger partial charge in [0.25, 0.3) is 0 Å². The van der Waals surface area contributed by atoms with Crippen LogP contribution in [0.3, 0.4) is 0 Å². The van der Waals surface area contributed by atoms with Gasteiger partial charge in [-0.2, -0.15) is 0 Å². The van der Waals surface area contributed by atoms with E-state index >= 15 is 0 Å². The van der Waals surface area contributed by atoms with Gasteiger partial charge in [-0.3, -0.25) is 4.57 Å². The number of aromatic nitrogens is 1. The molecule has 4 nitrogen and oxygen atoms in total. The van der Waals surface area contributed by atoms with Crippen molar-refractivity contribution in [3.8, 4) is 0 Å². The van der Waals surface area contributed by atoms with E-state index in [4.69, 9.17) is 33.4 Å². The minimum Gasteiger partial charge on any atom is -0.405 e. The summed E-state index contributed by atoms with van der Waals surface area (Å²) in [5, 5.41) is 0.615. The number of oxazole rings is 1. The van der Waals surface area contributed by atoms with Gasteiger partial charge < -0.3 is 10.2 Å². The van der Waals surface area contributed by atoms with Crippen LogP contribution >= 0.6 is 23.2 Å². The summed E-state index contributed by atoms with van der Waals surface area (Å²) in [6.45, 7) is 0. The molecule has 6 heteroatoms. The number of rotatable bonds is 0. The van der Waals surface area contributed by atoms with Gasteiger partial charge in [-0.15, -0.1) is 0 Å². The van der Waals surface area contributed by atoms with Gasteiger partial charge in [0.2, 0.25) is 0 Å². The molecule has 1 heterocycles. The largest absolute Gasteiger partial charge is 0.419 e. The van der Waals surface area contributed by atoms with E-state index in [1.807, 2.05) is 0 Å². The summed E-state index contributed by atoms with van der Waals surface area (Å²) < 4.78 is 6.19. The number of fused-ring (bicyclic) bond motifs is 1. The van der Waals surface area contributed by atoms with Crippen LogP contribution in [0.15, 0.2) is 15.3 Å². The van der Waals surface area contributed by atoms with E-state index in [0.29, 0.717) is 10.5 Å². The van der Waals surface area contributed by atoms with Crippen molar-refractivity contribution in [2.75, 3.05) is 5.73 Å². The lowest BCUT2D eigenvalue weighted by atomic mass is 10.3. The third-order valence-electron chi connectivity index (χ3n) is 2.00. The first-order chi connectivity index (χ1) is 6.52. The highest BCUT2D eigenvalue weighted by atomic mass is 35.5. The predicted molar refractivity (Wildman–Crippen MR) is 55.9 cm³/mol. The van der Waals surface area contributed by atoms with E-state index in [0.717, 1.165) is 0 Å². The summed E-state index contributed by atoms with van der Waals surface area (Å²) >= 11 is 11.7. The Kier molecular flexibility index (Phi) is 1.97. The van der Waals surface area contributed by atoms with E-state index in [-0.39, 0.29) is 16.3 Å². The highest BCUT2D eigenvalue weighted by Gasteiger charge is 2.15. The fourth-order valence-corrected chi connectivity index (χ4v) is 1.84. The number of benzene rings is 1. The van der Waals surface area contributed by atoms with Crippen molar-refractivity contribution >= 4 is 40.0 Å². The van der Waals surface area contributed by atoms with Gasteiger partial charge in [-0.05, 0) is 6.07 Å². The zero-order valence-corrected chi connectivity index (χ0v) is 8.69. The number of anilines is 1. The second kappa shape index (κ2) is 2.93. The molecule has 0 unspecified atom stereocenters. The van der Waals surface area contributed by atoms with E-state index in [2.05, 4.69) is 0 Å². The molecule has 74 valence electrons. The first-order valence-corrected chi connectivity index (χ1v) is 4.51. The van der Waals surface area contributed by atoms with Gasteiger partial charge in [-0.25, -0.2) is 4.79 Å². The van der Waals surface area contributed by atoms with Crippen LogP contribution in [0.1, 0.15) is 0 Å². The second-order valence-corrected chi connectivity index (χ2v) is 3.67. The van der Waals surface area contributed by atoms with Gasteiger partial charge in [0.1, 0.15) is 5.52 Å². The Hall–Kier alpha value is -1.13. The predicted octanol–water partition coefficient (Wildman–Crippen LogP) is 2.02. The van der Waals surface area contributed by atoms with Gasteiger partial charge in [0.05, 0.1) is 15.7 Å². The molecule has 0 radical (unpaired) electrons. The highest BCUT2D eigenvalue weighted by molar-refractivity contribution is 6.40. The lowest BCUT2D eigenvalue weighted by Gasteiger charge is -2.00. The van der Waals surface area contributed by atoms with Crippen LogP contribution < -0.4 is 11.5 Å². The van der Waals surface area contributed by atoms with E-state index in [1.54, 1.807) is 7.05 Å². The molecule has 0 amide bonds. The Morgan fingerprint density at radius 3 is 2.71 bits per heavy atom. The summed E-state index contributed by atoms with van der Waals surface area (Å²) in [5.74, 6) is -0.518. The van der Waals surface area contributed by atoms with Crippen LogP contribution in [-0.2, 0) is 7.05 Å². The monoisotopic (exact) mass is 232 g/mol. The normalized spacial score (nSPS) is 11.1. The second-order valence-electron chi connectivity index (χ2n) is 2.86. The van der Waals surface area contributed by atoms with Crippen LogP contribution in [0.25, 0.3) is 11.1 Å². The number of aryl methyl sites for hydroxylation is 1. The molecule has 2 aromatic rings. The van der Waals surface area contributed by atoms with Gasteiger partial charge in [-0.1, -0.05) is 23.2 Å². The number of nitrogens with zero attached hydrogens (tertiary/aromatic N) is 1. The number of nitrogens with two attached hydrogens (primary N) is 1. The van der Waals surface area contributed by atoms with E-state index in [1.165, 1.54) is 10.6 Å². The smallest absolute Gasteiger partial charge is 0.405 e. The number of halogens is 2. The minimum atomic E-state index is -0.518. The lowest BCUT2D eigenvalue weighted by Crippen LogP contribution is -2.08. The van der Waals surface area contributed by atoms with Crippen molar-refractivity contribution in [3.63, 3.8) is 0 Å². The van der Waals surface area contributed by atoms with Gasteiger partial charge in [0, 0.05) is 7.05 Å². The molecular formula is C8H6Cl2N2O2. The molecule has 0 aliphatic carbocycles. The molecule has 2 N–H and O–H groups in total. The zero-order valence-electron chi connectivity index (χ0n) is 7.17. The van der Waals surface area contributed by atoms with Crippen molar-refractivity contribution < 1.29 is 4.42 Å². The lowest BCUT2D eigenvalue weighted by molar-refractivity contribution is 0.529. The first kappa shape index (κ1) is 9.43. The number of hydrogen-bond acceptors (Lipinski definition) is 3. The van der Waals surface area contributed by atoms with E-state index in [9.17, 15) is 4.79 Å². The molecule has 0 atom stereocenters. The molecule has 0 saturated carbocycles. The quantitative estimate of drug-likeness (QED) is 0.708. The highest BCUT2D eigenvalue weighted by Crippen LogP contribution is 2.33. The van der Waals surface area contributed by atoms with Crippen LogP contribution in [0.5, 0.6) is 0 Å². The van der Waals surface area contributed by atoms with Crippen LogP contribution in [-0.4, -0.2) is 4.57 Å². The maximum Gasteiger partial charge on any atom is 0.419 e. The third kappa shape index (κ3) is 1.11. The SMILES string of the molecule is Cn1c(=O)oc2c(N)c(Cl)cc(Cl)c21. The van der Waals surface area contributed by atoms with Crippen LogP contribution in [0, 0.1) is 0 Å². The average molecular weight is 233 g/mol. The fraction of sp³-hybridized carbons (Fsp3) is 0.125. The Balaban J connectivity index is 3.09. The molecule has 0 bridgehead atoms. The number of hydrogen-bond donors (Lipinski definition) is 1. The molecule has 14 heavy (non-hydrogen) atoms. The van der Waals surface area contributed by atoms with Crippen molar-refractivity contribution in [2.45, 2.75) is 0 Å². The molecule has 0 aliphatic heterocycles. The third-order valence-corrected chi connectivity index (χ3v) is 2.60. The summed E-state index contributed by atoms with van der Waals surface area (Å²) in [7, 11) is 1.55. The summed E-state index contributed by atoms with van der Waals surface area (Å²) in [4.78, 5) is 11.2. The molecular weight excluding hydrogens is 227 g/mol. The molecule has 0 fully saturated rings. The first-order valence-electron chi connectivity index (χ1n) is 3.75. The standard InChI is InChI=1S/C8H6Cl2N2O2/c1-12-6-4(10)2-3(9)5(11)7(6)14-8(12)13/h2H,11H2,1H3. The minimum absolute atomic E-state index is 0.226. The molecule has 1 aromatic heterocycles. The van der Waals surface area contributed by atoms with Crippen molar-refractivity contribution in [1.29, 1.82) is 0 Å². The van der Waals surface area contributed by atoms with E-state index < -0.39 is 5.76 Å². The summed E-state index contributed by atoms with van der Waals surface area (Å²) in [5.41, 5.74) is 6.55. The topological polar surface area (TPSA) is 61.2 Å². The Bertz CT molecular complexity index is 571. The van der Waals surface area contributed by atoms with Crippen molar-refractivity contribution in [3.05, 3.63) is 26.7 Å².